The van der Waals surface area contributed by atoms with Crippen LogP contribution in [0.3, 0.4) is 0 Å². The van der Waals surface area contributed by atoms with Gasteiger partial charge < -0.3 is 18.0 Å². The monoisotopic (exact) mass is 819 g/mol. The fourth-order valence-electron chi connectivity index (χ4n) is 9.86. The van der Waals surface area contributed by atoms with Crippen LogP contribution in [0.15, 0.2) is 209 Å². The second-order valence-corrected chi connectivity index (χ2v) is 16.4. The minimum Gasteiger partial charge on any atom is -0.456 e. The lowest BCUT2D eigenvalue weighted by Gasteiger charge is -2.11. The molecule has 5 heterocycles. The van der Waals surface area contributed by atoms with Crippen LogP contribution in [0.25, 0.3) is 133 Å². The Morgan fingerprint density at radius 3 is 1.53 bits per heavy atom. The van der Waals surface area contributed by atoms with Crippen molar-refractivity contribution < 1.29 is 8.83 Å². The summed E-state index contributed by atoms with van der Waals surface area (Å²) in [5.74, 6) is 1.85. The summed E-state index contributed by atoms with van der Waals surface area (Å²) in [4.78, 5) is 14.9. The Morgan fingerprint density at radius 1 is 0.297 bits per heavy atom. The fourth-order valence-corrected chi connectivity index (χ4v) is 9.86. The van der Waals surface area contributed by atoms with Crippen LogP contribution in [0.1, 0.15) is 0 Å². The van der Waals surface area contributed by atoms with Gasteiger partial charge in [0.1, 0.15) is 16.7 Å². The van der Waals surface area contributed by atoms with E-state index in [0.29, 0.717) is 17.5 Å². The van der Waals surface area contributed by atoms with Gasteiger partial charge in [0.25, 0.3) is 0 Å². The molecule has 0 aliphatic rings. The van der Waals surface area contributed by atoms with Crippen molar-refractivity contribution in [1.82, 2.24) is 24.1 Å². The first-order chi connectivity index (χ1) is 31.7. The van der Waals surface area contributed by atoms with Gasteiger partial charge in [-0.15, -0.1) is 0 Å². The summed E-state index contributed by atoms with van der Waals surface area (Å²) >= 11 is 0. The standard InChI is InChI=1S/C57H33N5O2/c1-3-13-34(14-4-1)55-58-56(35-15-5-2-6-16-35)60-57(59-55)36-23-29-51-45(31-36)46-33-37(25-30-52(46)63-51)61-47-20-10-8-18-40(47)44-32-38(24-28-49(44)61)62-48-21-11-7-17-39(48)42-26-27-43-41-19-9-12-22-50(41)64-54(43)53(42)62/h1-33H. The molecule has 64 heavy (non-hydrogen) atoms. The van der Waals surface area contributed by atoms with Crippen LogP contribution in [-0.4, -0.2) is 24.1 Å². The first-order valence-electron chi connectivity index (χ1n) is 21.4. The van der Waals surface area contributed by atoms with E-state index in [0.717, 1.165) is 105 Å². The van der Waals surface area contributed by atoms with Crippen LogP contribution < -0.4 is 0 Å². The molecule has 0 amide bonds. The van der Waals surface area contributed by atoms with Gasteiger partial charge in [0.2, 0.25) is 0 Å². The molecule has 0 N–H and O–H groups in total. The molecule has 14 aromatic rings. The average Bonchev–Trinajstić information content (AvgIpc) is 4.11. The van der Waals surface area contributed by atoms with Crippen molar-refractivity contribution in [3.8, 4) is 45.5 Å². The molecular formula is C57H33N5O2. The van der Waals surface area contributed by atoms with Gasteiger partial charge >= 0.3 is 0 Å². The van der Waals surface area contributed by atoms with Crippen molar-refractivity contribution in [3.63, 3.8) is 0 Å². The summed E-state index contributed by atoms with van der Waals surface area (Å²) in [5, 5.41) is 8.92. The second-order valence-electron chi connectivity index (χ2n) is 16.4. The molecule has 0 saturated heterocycles. The van der Waals surface area contributed by atoms with E-state index in [2.05, 4.69) is 130 Å². The third-order valence-corrected chi connectivity index (χ3v) is 12.8. The van der Waals surface area contributed by atoms with E-state index in [1.165, 1.54) is 10.8 Å². The molecule has 14 rings (SSSR count). The number of furan rings is 2. The van der Waals surface area contributed by atoms with Gasteiger partial charge in [-0.05, 0) is 78.9 Å². The van der Waals surface area contributed by atoms with E-state index < -0.39 is 0 Å². The lowest BCUT2D eigenvalue weighted by Crippen LogP contribution is -2.00. The van der Waals surface area contributed by atoms with Crippen LogP contribution in [-0.2, 0) is 0 Å². The number of para-hydroxylation sites is 3. The maximum absolute atomic E-state index is 6.67. The van der Waals surface area contributed by atoms with Crippen LogP contribution in [0.4, 0.5) is 0 Å². The molecule has 0 spiro atoms. The summed E-state index contributed by atoms with van der Waals surface area (Å²) in [7, 11) is 0. The smallest absolute Gasteiger partial charge is 0.164 e. The van der Waals surface area contributed by atoms with Gasteiger partial charge in [-0.1, -0.05) is 121 Å². The first kappa shape index (κ1) is 34.9. The normalized spacial score (nSPS) is 12.1. The van der Waals surface area contributed by atoms with Crippen LogP contribution in [0.2, 0.25) is 0 Å². The molecule has 7 nitrogen and oxygen atoms in total. The highest BCUT2D eigenvalue weighted by molar-refractivity contribution is 6.22. The molecule has 9 aromatic carbocycles. The van der Waals surface area contributed by atoms with Crippen LogP contribution in [0.5, 0.6) is 0 Å². The molecule has 0 saturated carbocycles. The number of rotatable bonds is 5. The molecule has 0 atom stereocenters. The number of hydrogen-bond acceptors (Lipinski definition) is 5. The molecule has 7 heteroatoms. The molecule has 0 aliphatic carbocycles. The summed E-state index contributed by atoms with van der Waals surface area (Å²) in [5.41, 5.74) is 12.7. The summed E-state index contributed by atoms with van der Waals surface area (Å²) < 4.78 is 17.9. The zero-order chi connectivity index (χ0) is 41.9. The van der Waals surface area contributed by atoms with Crippen molar-refractivity contribution in [3.05, 3.63) is 200 Å². The Hall–Kier alpha value is -8.81. The van der Waals surface area contributed by atoms with Gasteiger partial charge in [0, 0.05) is 71.2 Å². The van der Waals surface area contributed by atoms with E-state index in [4.69, 9.17) is 23.8 Å². The lowest BCUT2D eigenvalue weighted by atomic mass is 10.1. The van der Waals surface area contributed by atoms with Gasteiger partial charge in [-0.3, -0.25) is 0 Å². The molecule has 5 aromatic heterocycles. The highest BCUT2D eigenvalue weighted by atomic mass is 16.3. The Bertz CT molecular complexity index is 4140. The summed E-state index contributed by atoms with van der Waals surface area (Å²) in [6, 6.07) is 69.7. The van der Waals surface area contributed by atoms with Crippen molar-refractivity contribution >= 4 is 87.5 Å². The minimum atomic E-state index is 0.600. The molecule has 0 bridgehead atoms. The zero-order valence-corrected chi connectivity index (χ0v) is 34.1. The van der Waals surface area contributed by atoms with Crippen molar-refractivity contribution in [2.45, 2.75) is 0 Å². The fraction of sp³-hybridized carbons (Fsp3) is 0. The third-order valence-electron chi connectivity index (χ3n) is 12.8. The maximum atomic E-state index is 6.67. The molecule has 0 radical (unpaired) electrons. The van der Waals surface area contributed by atoms with Crippen LogP contribution >= 0.6 is 0 Å². The topological polar surface area (TPSA) is 74.8 Å². The van der Waals surface area contributed by atoms with E-state index in [-0.39, 0.29) is 0 Å². The predicted molar refractivity (Wildman–Crippen MR) is 259 cm³/mol. The number of fused-ring (bicyclic) bond motifs is 13. The first-order valence-corrected chi connectivity index (χ1v) is 21.4. The van der Waals surface area contributed by atoms with Gasteiger partial charge in [-0.2, -0.15) is 0 Å². The van der Waals surface area contributed by atoms with E-state index in [9.17, 15) is 0 Å². The second kappa shape index (κ2) is 13.3. The van der Waals surface area contributed by atoms with Crippen molar-refractivity contribution in [1.29, 1.82) is 0 Å². The van der Waals surface area contributed by atoms with E-state index >= 15 is 0 Å². The summed E-state index contributed by atoms with van der Waals surface area (Å²) in [6.45, 7) is 0. The zero-order valence-electron chi connectivity index (χ0n) is 34.1. The number of aromatic nitrogens is 5. The van der Waals surface area contributed by atoms with Gasteiger partial charge in [0.05, 0.1) is 22.1 Å². The number of benzene rings is 9. The maximum Gasteiger partial charge on any atom is 0.164 e. The lowest BCUT2D eigenvalue weighted by molar-refractivity contribution is 0.669. The molecule has 0 fully saturated rings. The number of hydrogen-bond donors (Lipinski definition) is 0. The Kier molecular flexibility index (Phi) is 7.27. The summed E-state index contributed by atoms with van der Waals surface area (Å²) in [6.07, 6.45) is 0. The van der Waals surface area contributed by atoms with Gasteiger partial charge in [-0.25, -0.2) is 15.0 Å². The van der Waals surface area contributed by atoms with E-state index in [1.807, 2.05) is 78.9 Å². The van der Waals surface area contributed by atoms with Crippen LogP contribution in [0, 0.1) is 0 Å². The largest absolute Gasteiger partial charge is 0.456 e. The molecule has 0 unspecified atom stereocenters. The highest BCUT2D eigenvalue weighted by Gasteiger charge is 2.21. The SMILES string of the molecule is c1ccc(-c2nc(-c3ccccc3)nc(-c3ccc4oc5ccc(-n6c7ccccc7c7cc(-n8c9ccccc9c9ccc%10c%11ccccc%11oc%10c98)ccc76)cc5c4c3)n2)cc1. The molecule has 298 valence electrons. The van der Waals surface area contributed by atoms with E-state index in [1.54, 1.807) is 0 Å². The predicted octanol–water partition coefficient (Wildman–Crippen LogP) is 14.9. The Balaban J connectivity index is 0.947. The molecule has 0 aliphatic heterocycles. The van der Waals surface area contributed by atoms with Crippen molar-refractivity contribution in [2.75, 3.05) is 0 Å². The van der Waals surface area contributed by atoms with Gasteiger partial charge in [0.15, 0.2) is 23.1 Å². The quantitative estimate of drug-likeness (QED) is 0.173. The Morgan fingerprint density at radius 2 is 0.797 bits per heavy atom. The Labute approximate surface area is 364 Å². The highest BCUT2D eigenvalue weighted by Crippen LogP contribution is 2.42. The average molecular weight is 820 g/mol. The third kappa shape index (κ3) is 5.12. The molecular weight excluding hydrogens is 787 g/mol. The van der Waals surface area contributed by atoms with Crippen molar-refractivity contribution in [2.24, 2.45) is 0 Å². The minimum absolute atomic E-state index is 0.600. The number of nitrogens with zero attached hydrogens (tertiary/aromatic N) is 5.